The lowest BCUT2D eigenvalue weighted by Crippen LogP contribution is -2.13. The summed E-state index contributed by atoms with van der Waals surface area (Å²) in [4.78, 5) is 16.4. The number of nitrogens with zero attached hydrogens (tertiary/aromatic N) is 3. The lowest BCUT2D eigenvalue weighted by molar-refractivity contribution is 0.102. The molecule has 1 amide bonds. The van der Waals surface area contributed by atoms with E-state index < -0.39 is 0 Å². The van der Waals surface area contributed by atoms with Gasteiger partial charge in [-0.2, -0.15) is 5.10 Å². The Balaban J connectivity index is 1.93. The maximum absolute atomic E-state index is 12.3. The molecule has 3 rings (SSSR count). The largest absolute Gasteiger partial charge is 0.320 e. The molecule has 5 nitrogen and oxygen atoms in total. The van der Waals surface area contributed by atoms with Crippen molar-refractivity contribution < 1.29 is 4.79 Å². The van der Waals surface area contributed by atoms with E-state index >= 15 is 0 Å². The van der Waals surface area contributed by atoms with Gasteiger partial charge in [0.15, 0.2) is 0 Å². The predicted molar refractivity (Wildman–Crippen MR) is 77.1 cm³/mol. The van der Waals surface area contributed by atoms with Gasteiger partial charge < -0.3 is 5.32 Å². The first-order chi connectivity index (χ1) is 9.65. The number of hydrogen-bond donors (Lipinski definition) is 1. The molecule has 0 aliphatic rings. The Morgan fingerprint density at radius 3 is 2.95 bits per heavy atom. The summed E-state index contributed by atoms with van der Waals surface area (Å²) in [5, 5.41) is 7.36. The number of carbonyl (C=O) groups excluding carboxylic acids is 1. The van der Waals surface area contributed by atoms with Crippen molar-refractivity contribution >= 4 is 28.7 Å². The normalized spacial score (nSPS) is 10.7. The van der Waals surface area contributed by atoms with Crippen molar-refractivity contribution in [3.63, 3.8) is 0 Å². The van der Waals surface area contributed by atoms with Gasteiger partial charge in [0.2, 0.25) is 0 Å². The summed E-state index contributed by atoms with van der Waals surface area (Å²) >= 11 is 5.79. The van der Waals surface area contributed by atoms with Gasteiger partial charge in [-0.25, -0.2) is 9.50 Å². The van der Waals surface area contributed by atoms with E-state index in [4.69, 9.17) is 11.6 Å². The number of aromatic nitrogens is 3. The van der Waals surface area contributed by atoms with Crippen molar-refractivity contribution in [3.8, 4) is 0 Å². The Labute approximate surface area is 120 Å². The van der Waals surface area contributed by atoms with Crippen LogP contribution in [0, 0.1) is 6.92 Å². The molecule has 0 aromatic carbocycles. The first-order valence-corrected chi connectivity index (χ1v) is 6.40. The second-order valence-corrected chi connectivity index (χ2v) is 4.70. The van der Waals surface area contributed by atoms with Crippen molar-refractivity contribution in [3.05, 3.63) is 59.1 Å². The van der Waals surface area contributed by atoms with Gasteiger partial charge in [-0.05, 0) is 31.2 Å². The fourth-order valence-corrected chi connectivity index (χ4v) is 2.15. The van der Waals surface area contributed by atoms with Crippen molar-refractivity contribution in [2.45, 2.75) is 6.92 Å². The van der Waals surface area contributed by atoms with Gasteiger partial charge in [0.25, 0.3) is 5.91 Å². The molecule has 0 aliphatic heterocycles. The highest BCUT2D eigenvalue weighted by molar-refractivity contribution is 6.29. The van der Waals surface area contributed by atoms with E-state index in [-0.39, 0.29) is 5.91 Å². The van der Waals surface area contributed by atoms with Gasteiger partial charge >= 0.3 is 0 Å². The fraction of sp³-hybridized carbons (Fsp3) is 0.0714. The van der Waals surface area contributed by atoms with Crippen LogP contribution in [0.4, 0.5) is 5.69 Å². The third kappa shape index (κ3) is 2.23. The third-order valence-corrected chi connectivity index (χ3v) is 3.18. The molecule has 0 saturated heterocycles. The highest BCUT2D eigenvalue weighted by Crippen LogP contribution is 2.18. The second-order valence-electron chi connectivity index (χ2n) is 4.31. The van der Waals surface area contributed by atoms with Crippen LogP contribution >= 0.6 is 11.6 Å². The Bertz CT molecular complexity index is 797. The molecule has 0 atom stereocenters. The summed E-state index contributed by atoms with van der Waals surface area (Å²) in [5.41, 5.74) is 2.57. The quantitative estimate of drug-likeness (QED) is 0.737. The Hall–Kier alpha value is -2.40. The number of rotatable bonds is 2. The maximum Gasteiger partial charge on any atom is 0.259 e. The second kappa shape index (κ2) is 4.94. The summed E-state index contributed by atoms with van der Waals surface area (Å²) in [6, 6.07) is 8.93. The van der Waals surface area contributed by atoms with E-state index in [2.05, 4.69) is 15.4 Å². The lowest BCUT2D eigenvalue weighted by atomic mass is 10.2. The SMILES string of the molecule is Cc1nc(Cl)ccc1NC(=O)c1cnn2ccccc12. The molecule has 1 N–H and O–H groups in total. The Morgan fingerprint density at radius 2 is 2.15 bits per heavy atom. The lowest BCUT2D eigenvalue weighted by Gasteiger charge is -2.07. The van der Waals surface area contributed by atoms with Crippen molar-refractivity contribution in [1.82, 2.24) is 14.6 Å². The standard InChI is InChI=1S/C14H11ClN4O/c1-9-11(5-6-13(15)17-9)18-14(20)10-8-16-19-7-3-2-4-12(10)19/h2-8H,1H3,(H,18,20). The van der Waals surface area contributed by atoms with E-state index in [0.717, 1.165) is 5.52 Å². The minimum Gasteiger partial charge on any atom is -0.320 e. The average molecular weight is 287 g/mol. The van der Waals surface area contributed by atoms with Gasteiger partial charge in [-0.1, -0.05) is 17.7 Å². The summed E-state index contributed by atoms with van der Waals surface area (Å²) in [7, 11) is 0. The molecular weight excluding hydrogens is 276 g/mol. The molecule has 3 heterocycles. The minimum absolute atomic E-state index is 0.224. The number of fused-ring (bicyclic) bond motifs is 1. The smallest absolute Gasteiger partial charge is 0.259 e. The zero-order chi connectivity index (χ0) is 14.1. The molecule has 0 saturated carbocycles. The van der Waals surface area contributed by atoms with Gasteiger partial charge in [-0.3, -0.25) is 4.79 Å². The van der Waals surface area contributed by atoms with Crippen molar-refractivity contribution in [2.24, 2.45) is 0 Å². The van der Waals surface area contributed by atoms with Gasteiger partial charge in [0, 0.05) is 6.20 Å². The van der Waals surface area contributed by atoms with Crippen LogP contribution in [0.25, 0.3) is 5.52 Å². The van der Waals surface area contributed by atoms with Crippen LogP contribution in [0.1, 0.15) is 16.1 Å². The number of aryl methyl sites for hydroxylation is 1. The number of carbonyl (C=O) groups is 1. The predicted octanol–water partition coefficient (Wildman–Crippen LogP) is 2.94. The first kappa shape index (κ1) is 12.6. The molecule has 0 bridgehead atoms. The summed E-state index contributed by atoms with van der Waals surface area (Å²) < 4.78 is 1.65. The molecule has 6 heteroatoms. The van der Waals surface area contributed by atoms with Crippen LogP contribution in [0.2, 0.25) is 5.15 Å². The molecule has 0 fully saturated rings. The van der Waals surface area contributed by atoms with E-state index in [1.807, 2.05) is 18.2 Å². The highest BCUT2D eigenvalue weighted by atomic mass is 35.5. The number of halogens is 1. The Kier molecular flexibility index (Phi) is 3.12. The number of amides is 1. The molecule has 100 valence electrons. The Morgan fingerprint density at radius 1 is 1.30 bits per heavy atom. The number of pyridine rings is 2. The topological polar surface area (TPSA) is 59.3 Å². The molecule has 0 spiro atoms. The number of hydrogen-bond acceptors (Lipinski definition) is 3. The summed E-state index contributed by atoms with van der Waals surface area (Å²) in [6.07, 6.45) is 3.34. The van der Waals surface area contributed by atoms with E-state index in [0.29, 0.717) is 22.1 Å². The molecule has 0 aliphatic carbocycles. The number of anilines is 1. The van der Waals surface area contributed by atoms with Crippen molar-refractivity contribution in [1.29, 1.82) is 0 Å². The first-order valence-electron chi connectivity index (χ1n) is 6.02. The molecule has 0 radical (unpaired) electrons. The van der Waals surface area contributed by atoms with Gasteiger partial charge in [0.05, 0.1) is 28.7 Å². The van der Waals surface area contributed by atoms with Crippen LogP contribution in [0.5, 0.6) is 0 Å². The molecule has 3 aromatic heterocycles. The summed E-state index contributed by atoms with van der Waals surface area (Å²) in [5.74, 6) is -0.224. The highest BCUT2D eigenvalue weighted by Gasteiger charge is 2.13. The van der Waals surface area contributed by atoms with Gasteiger partial charge in [-0.15, -0.1) is 0 Å². The van der Waals surface area contributed by atoms with E-state index in [1.165, 1.54) is 0 Å². The van der Waals surface area contributed by atoms with Gasteiger partial charge in [0.1, 0.15) is 5.15 Å². The molecule has 3 aromatic rings. The fourth-order valence-electron chi connectivity index (χ4n) is 1.96. The third-order valence-electron chi connectivity index (χ3n) is 2.97. The van der Waals surface area contributed by atoms with Crippen LogP contribution in [-0.2, 0) is 0 Å². The molecule has 0 unspecified atom stereocenters. The van der Waals surface area contributed by atoms with Crippen LogP contribution in [0.15, 0.2) is 42.7 Å². The molecule has 20 heavy (non-hydrogen) atoms. The summed E-state index contributed by atoms with van der Waals surface area (Å²) in [6.45, 7) is 1.79. The minimum atomic E-state index is -0.224. The zero-order valence-electron chi connectivity index (χ0n) is 10.7. The van der Waals surface area contributed by atoms with Crippen LogP contribution in [-0.4, -0.2) is 20.5 Å². The van der Waals surface area contributed by atoms with Crippen LogP contribution in [0.3, 0.4) is 0 Å². The van der Waals surface area contributed by atoms with Crippen LogP contribution < -0.4 is 5.32 Å². The monoisotopic (exact) mass is 286 g/mol. The maximum atomic E-state index is 12.3. The van der Waals surface area contributed by atoms with Crippen molar-refractivity contribution in [2.75, 3.05) is 5.32 Å². The van der Waals surface area contributed by atoms with E-state index in [1.54, 1.807) is 36.0 Å². The average Bonchev–Trinajstić information content (AvgIpc) is 2.86. The zero-order valence-corrected chi connectivity index (χ0v) is 11.4. The molecular formula is C14H11ClN4O. The number of nitrogens with one attached hydrogen (secondary N) is 1. The van der Waals surface area contributed by atoms with E-state index in [9.17, 15) is 4.79 Å².